The molecule has 12 heavy (non-hydrogen) atoms. The van der Waals surface area contributed by atoms with Gasteiger partial charge in [0.15, 0.2) is 0 Å². The minimum atomic E-state index is 0.730. The summed E-state index contributed by atoms with van der Waals surface area (Å²) in [6, 6.07) is 0. The quantitative estimate of drug-likeness (QED) is 0.331. The van der Waals surface area contributed by atoms with Crippen LogP contribution in [0.3, 0.4) is 0 Å². The second-order valence-corrected chi connectivity index (χ2v) is 2.29. The highest BCUT2D eigenvalue weighted by Crippen LogP contribution is 1.67. The van der Waals surface area contributed by atoms with Crippen LogP contribution in [-0.4, -0.2) is 32.7 Å². The Morgan fingerprint density at radius 3 is 1.92 bits per heavy atom. The van der Waals surface area contributed by atoms with Crippen LogP contribution < -0.4 is 21.6 Å². The summed E-state index contributed by atoms with van der Waals surface area (Å²) in [5.74, 6) is 0. The maximum atomic E-state index is 5.29. The Morgan fingerprint density at radius 1 is 1.00 bits per heavy atom. The molecule has 0 radical (unpaired) electrons. The molecule has 0 aromatic heterocycles. The molecule has 6 N–H and O–H groups in total. The molecule has 0 saturated carbocycles. The molecule has 0 fully saturated rings. The Labute approximate surface area is 80.1 Å². The average molecular weight is 197 g/mol. The van der Waals surface area contributed by atoms with Gasteiger partial charge in [0.1, 0.15) is 0 Å². The topological polar surface area (TPSA) is 76.1 Å². The fraction of sp³-hybridized carbons (Fsp3) is 1.00. The molecule has 0 aliphatic carbocycles. The lowest BCUT2D eigenvalue weighted by molar-refractivity contribution is 0.610. The highest BCUT2D eigenvalue weighted by Gasteiger charge is 1.83. The van der Waals surface area contributed by atoms with Crippen LogP contribution in [0.15, 0.2) is 0 Å². The van der Waals surface area contributed by atoms with Gasteiger partial charge in [-0.2, -0.15) is 0 Å². The summed E-state index contributed by atoms with van der Waals surface area (Å²) in [6.07, 6.45) is 1.21. The molecular weight excluding hydrogens is 176 g/mol. The average Bonchev–Trinajstić information content (AvgIpc) is 2.15. The first-order valence-electron chi connectivity index (χ1n) is 4.25. The number of rotatable bonds is 7. The van der Waals surface area contributed by atoms with Gasteiger partial charge in [-0.3, -0.25) is 0 Å². The number of nitrogens with one attached hydrogen (secondary N) is 2. The number of hydrogen-bond acceptors (Lipinski definition) is 4. The van der Waals surface area contributed by atoms with E-state index in [9.17, 15) is 0 Å². The molecule has 0 spiro atoms. The van der Waals surface area contributed by atoms with Crippen molar-refractivity contribution in [3.63, 3.8) is 0 Å². The molecule has 0 heterocycles. The van der Waals surface area contributed by atoms with Crippen molar-refractivity contribution in [3.05, 3.63) is 0 Å². The first kappa shape index (κ1) is 14.6. The van der Waals surface area contributed by atoms with Crippen LogP contribution in [0.1, 0.15) is 13.3 Å². The molecule has 0 atom stereocenters. The molecule has 0 rings (SSSR count). The Morgan fingerprint density at radius 2 is 1.50 bits per heavy atom. The first-order valence-corrected chi connectivity index (χ1v) is 4.68. The lowest BCUT2D eigenvalue weighted by Gasteiger charge is -2.03. The number of halogens is 1. The van der Waals surface area contributed by atoms with Crippen LogP contribution in [-0.2, 0) is 0 Å². The maximum absolute atomic E-state index is 5.29. The minimum absolute atomic E-state index is 0.730. The maximum Gasteiger partial charge on any atom is 0.00772 e. The van der Waals surface area contributed by atoms with E-state index in [1.54, 1.807) is 0 Å². The lowest BCUT2D eigenvalue weighted by Crippen LogP contribution is -2.30. The van der Waals surface area contributed by atoms with Gasteiger partial charge in [-0.1, -0.05) is 6.92 Å². The van der Waals surface area contributed by atoms with E-state index in [1.165, 1.54) is 6.42 Å². The first-order chi connectivity index (χ1) is 5.91. The molecule has 5 heteroatoms. The van der Waals surface area contributed by atoms with Crippen molar-refractivity contribution >= 4 is 11.8 Å². The van der Waals surface area contributed by atoms with Crippen molar-refractivity contribution in [2.24, 2.45) is 11.0 Å². The van der Waals surface area contributed by atoms with Crippen LogP contribution in [0.2, 0.25) is 0 Å². The molecule has 0 aliphatic heterocycles. The van der Waals surface area contributed by atoms with Crippen molar-refractivity contribution in [1.29, 1.82) is 0 Å². The van der Waals surface area contributed by atoms with Crippen molar-refractivity contribution in [2.75, 3.05) is 32.7 Å². The van der Waals surface area contributed by atoms with Gasteiger partial charge in [-0.05, 0) is 24.7 Å². The third-order valence-corrected chi connectivity index (χ3v) is 1.23. The fourth-order valence-corrected chi connectivity index (χ4v) is 0.706. The summed E-state index contributed by atoms with van der Waals surface area (Å²) in [6.45, 7) is 7.01. The van der Waals surface area contributed by atoms with Gasteiger partial charge >= 0.3 is 0 Å². The van der Waals surface area contributed by atoms with Crippen molar-refractivity contribution in [2.45, 2.75) is 13.3 Å². The zero-order valence-corrected chi connectivity index (χ0v) is 8.53. The smallest absolute Gasteiger partial charge is 0.00772 e. The van der Waals surface area contributed by atoms with Gasteiger partial charge in [0, 0.05) is 26.2 Å². The van der Waals surface area contributed by atoms with Gasteiger partial charge in [0.2, 0.25) is 0 Å². The molecular formula is C7H21ClN4. The molecule has 0 aromatic rings. The summed E-state index contributed by atoms with van der Waals surface area (Å²) in [5.41, 5.74) is 5.29. The van der Waals surface area contributed by atoms with E-state index in [-0.39, 0.29) is 0 Å². The SMILES string of the molecule is CCCNCCNCCN.NCl. The second-order valence-electron chi connectivity index (χ2n) is 2.29. The van der Waals surface area contributed by atoms with Gasteiger partial charge in [-0.15, -0.1) is 0 Å². The third-order valence-electron chi connectivity index (χ3n) is 1.23. The van der Waals surface area contributed by atoms with E-state index >= 15 is 0 Å². The zero-order valence-electron chi connectivity index (χ0n) is 7.78. The predicted octanol–water partition coefficient (Wildman–Crippen LogP) is -0.367. The summed E-state index contributed by atoms with van der Waals surface area (Å²) in [7, 11) is 0. The highest BCUT2D eigenvalue weighted by molar-refractivity contribution is 6.11. The monoisotopic (exact) mass is 196 g/mol. The van der Waals surface area contributed by atoms with E-state index in [4.69, 9.17) is 5.73 Å². The van der Waals surface area contributed by atoms with Gasteiger partial charge < -0.3 is 16.4 Å². The lowest BCUT2D eigenvalue weighted by atomic mass is 10.4. The Hall–Kier alpha value is 0.130. The van der Waals surface area contributed by atoms with Gasteiger partial charge in [0.05, 0.1) is 0 Å². The minimum Gasteiger partial charge on any atom is -0.329 e. The summed E-state index contributed by atoms with van der Waals surface area (Å²) in [4.78, 5) is 0. The Bertz CT molecular complexity index is 55.4. The summed E-state index contributed by atoms with van der Waals surface area (Å²) >= 11 is 4.14. The van der Waals surface area contributed by atoms with E-state index in [0.29, 0.717) is 0 Å². The highest BCUT2D eigenvalue weighted by atomic mass is 35.5. The van der Waals surface area contributed by atoms with E-state index in [2.05, 4.69) is 34.6 Å². The summed E-state index contributed by atoms with van der Waals surface area (Å²) < 4.78 is 0. The van der Waals surface area contributed by atoms with Crippen molar-refractivity contribution in [1.82, 2.24) is 10.6 Å². The number of hydrogen-bond donors (Lipinski definition) is 4. The molecule has 76 valence electrons. The van der Waals surface area contributed by atoms with E-state index in [0.717, 1.165) is 32.7 Å². The normalized spacial score (nSPS) is 9.00. The Balaban J connectivity index is 0. The number of nitrogens with two attached hydrogens (primary N) is 2. The molecule has 0 amide bonds. The zero-order chi connectivity index (χ0) is 9.66. The van der Waals surface area contributed by atoms with Gasteiger partial charge in [0.25, 0.3) is 0 Å². The van der Waals surface area contributed by atoms with Crippen LogP contribution >= 0.6 is 11.8 Å². The molecule has 4 nitrogen and oxygen atoms in total. The van der Waals surface area contributed by atoms with Crippen LogP contribution in [0, 0.1) is 0 Å². The standard InChI is InChI=1S/C7H19N3.ClH2N/c1-2-4-9-6-7-10-5-3-8;1-2/h9-10H,2-8H2,1H3;2H2. The van der Waals surface area contributed by atoms with Crippen molar-refractivity contribution < 1.29 is 0 Å². The van der Waals surface area contributed by atoms with Crippen LogP contribution in [0.25, 0.3) is 0 Å². The summed E-state index contributed by atoms with van der Waals surface area (Å²) in [5, 5.41) is 10.5. The van der Waals surface area contributed by atoms with Crippen molar-refractivity contribution in [3.8, 4) is 0 Å². The molecule has 0 aliphatic rings. The largest absolute Gasteiger partial charge is 0.329 e. The third kappa shape index (κ3) is 16.6. The molecule has 0 bridgehead atoms. The second kappa shape index (κ2) is 17.3. The fourth-order valence-electron chi connectivity index (χ4n) is 0.706. The Kier molecular flexibility index (Phi) is 21.1. The van der Waals surface area contributed by atoms with Gasteiger partial charge in [-0.25, -0.2) is 5.25 Å². The van der Waals surface area contributed by atoms with Crippen LogP contribution in [0.5, 0.6) is 0 Å². The molecule has 0 aromatic carbocycles. The molecule has 0 saturated heterocycles. The van der Waals surface area contributed by atoms with E-state index in [1.807, 2.05) is 0 Å². The van der Waals surface area contributed by atoms with E-state index < -0.39 is 0 Å². The predicted molar refractivity (Wildman–Crippen MR) is 55.1 cm³/mol. The van der Waals surface area contributed by atoms with Crippen LogP contribution in [0.4, 0.5) is 0 Å². The molecule has 0 unspecified atom stereocenters.